The molecule has 3 N–H and O–H groups in total. The molecule has 1 fully saturated rings. The first-order valence-electron chi connectivity index (χ1n) is 4.91. The van der Waals surface area contributed by atoms with Crippen molar-refractivity contribution in [3.05, 3.63) is 28.7 Å². The lowest BCUT2D eigenvalue weighted by Gasteiger charge is -2.12. The highest BCUT2D eigenvalue weighted by atomic mass is 16.2. The Morgan fingerprint density at radius 3 is 3.00 bits per heavy atom. The molecule has 0 saturated carbocycles. The van der Waals surface area contributed by atoms with E-state index in [9.17, 15) is 9.59 Å². The molecule has 0 aromatic carbocycles. The van der Waals surface area contributed by atoms with E-state index in [1.165, 1.54) is 4.57 Å². The van der Waals surface area contributed by atoms with Gasteiger partial charge < -0.3 is 15.6 Å². The van der Waals surface area contributed by atoms with Crippen molar-refractivity contribution >= 4 is 11.6 Å². The Morgan fingerprint density at radius 1 is 1.53 bits per heavy atom. The zero-order valence-corrected chi connectivity index (χ0v) is 8.27. The number of nitrogens with two attached hydrogens (primary N) is 1. The number of rotatable bonds is 2. The van der Waals surface area contributed by atoms with Gasteiger partial charge >= 0.3 is 0 Å². The maximum atomic E-state index is 11.6. The molecule has 1 atom stereocenters. The van der Waals surface area contributed by atoms with Crippen LogP contribution < -0.4 is 16.6 Å². The molecule has 2 heterocycles. The Morgan fingerprint density at radius 2 is 2.33 bits per heavy atom. The fraction of sp³-hybridized carbons (Fsp3) is 0.400. The number of carbonyl (C=O) groups excluding carboxylic acids is 1. The van der Waals surface area contributed by atoms with E-state index in [-0.39, 0.29) is 23.2 Å². The molecular formula is C10H13N3O2. The van der Waals surface area contributed by atoms with Gasteiger partial charge in [0.2, 0.25) is 5.91 Å². The zero-order chi connectivity index (χ0) is 10.8. The van der Waals surface area contributed by atoms with Crippen molar-refractivity contribution < 1.29 is 4.79 Å². The van der Waals surface area contributed by atoms with Gasteiger partial charge in [-0.2, -0.15) is 0 Å². The first-order chi connectivity index (χ1) is 7.16. The third-order valence-electron chi connectivity index (χ3n) is 2.55. The predicted molar refractivity (Wildman–Crippen MR) is 56.3 cm³/mol. The molecule has 1 aromatic rings. The van der Waals surface area contributed by atoms with Crippen molar-refractivity contribution in [3.8, 4) is 0 Å². The summed E-state index contributed by atoms with van der Waals surface area (Å²) in [6, 6.07) is 3.36. The summed E-state index contributed by atoms with van der Waals surface area (Å²) in [6.45, 7) is 0.496. The monoisotopic (exact) mass is 207 g/mol. The van der Waals surface area contributed by atoms with Gasteiger partial charge in [-0.25, -0.2) is 0 Å². The lowest BCUT2D eigenvalue weighted by molar-refractivity contribution is -0.119. The summed E-state index contributed by atoms with van der Waals surface area (Å²) in [4.78, 5) is 22.5. The van der Waals surface area contributed by atoms with Crippen molar-refractivity contribution in [2.75, 3.05) is 5.73 Å². The number of hydrogen-bond donors (Lipinski definition) is 2. The molecule has 1 amide bonds. The van der Waals surface area contributed by atoms with Gasteiger partial charge in [-0.05, 0) is 18.6 Å². The van der Waals surface area contributed by atoms with Crippen LogP contribution in [-0.2, 0) is 11.3 Å². The van der Waals surface area contributed by atoms with Crippen LogP contribution in [0.5, 0.6) is 0 Å². The first kappa shape index (κ1) is 9.76. The van der Waals surface area contributed by atoms with Crippen LogP contribution in [0.3, 0.4) is 0 Å². The molecular weight excluding hydrogens is 194 g/mol. The Balaban J connectivity index is 2.14. The Labute approximate surface area is 86.9 Å². The fourth-order valence-corrected chi connectivity index (χ4v) is 1.75. The second kappa shape index (κ2) is 3.76. The van der Waals surface area contributed by atoms with Gasteiger partial charge in [0.25, 0.3) is 5.56 Å². The molecule has 2 rings (SSSR count). The molecule has 1 aliphatic rings. The third-order valence-corrected chi connectivity index (χ3v) is 2.55. The Hall–Kier alpha value is -1.78. The van der Waals surface area contributed by atoms with Crippen LogP contribution in [0.4, 0.5) is 5.69 Å². The number of anilines is 1. The van der Waals surface area contributed by atoms with Crippen LogP contribution in [-0.4, -0.2) is 16.5 Å². The van der Waals surface area contributed by atoms with Crippen molar-refractivity contribution in [2.45, 2.75) is 25.4 Å². The molecule has 1 aliphatic heterocycles. The SMILES string of the molecule is Nc1cccn(CC2CCC(=O)N2)c1=O. The second-order valence-corrected chi connectivity index (χ2v) is 3.72. The van der Waals surface area contributed by atoms with Crippen molar-refractivity contribution in [3.63, 3.8) is 0 Å². The number of hydrogen-bond acceptors (Lipinski definition) is 3. The largest absolute Gasteiger partial charge is 0.394 e. The molecule has 0 bridgehead atoms. The van der Waals surface area contributed by atoms with E-state index in [1.807, 2.05) is 0 Å². The number of carbonyl (C=O) groups is 1. The first-order valence-corrected chi connectivity index (χ1v) is 4.91. The quantitative estimate of drug-likeness (QED) is 0.699. The molecule has 1 unspecified atom stereocenters. The Kier molecular flexibility index (Phi) is 2.45. The molecule has 5 heteroatoms. The molecule has 0 radical (unpaired) electrons. The summed E-state index contributed by atoms with van der Waals surface area (Å²) in [5, 5.41) is 2.81. The van der Waals surface area contributed by atoms with Crippen LogP contribution in [0.15, 0.2) is 23.1 Å². The second-order valence-electron chi connectivity index (χ2n) is 3.72. The maximum Gasteiger partial charge on any atom is 0.273 e. The highest BCUT2D eigenvalue weighted by Gasteiger charge is 2.21. The van der Waals surface area contributed by atoms with E-state index >= 15 is 0 Å². The van der Waals surface area contributed by atoms with Gasteiger partial charge in [0.1, 0.15) is 0 Å². The molecule has 0 aliphatic carbocycles. The summed E-state index contributed by atoms with van der Waals surface area (Å²) in [5.41, 5.74) is 5.54. The van der Waals surface area contributed by atoms with E-state index < -0.39 is 0 Å². The van der Waals surface area contributed by atoms with Gasteiger partial charge in [0, 0.05) is 25.2 Å². The molecule has 80 valence electrons. The minimum absolute atomic E-state index is 0.0527. The van der Waals surface area contributed by atoms with Crippen LogP contribution in [0.1, 0.15) is 12.8 Å². The summed E-state index contributed by atoms with van der Waals surface area (Å²) < 4.78 is 1.53. The van der Waals surface area contributed by atoms with Gasteiger partial charge in [-0.1, -0.05) is 0 Å². The van der Waals surface area contributed by atoms with Crippen LogP contribution >= 0.6 is 0 Å². The van der Waals surface area contributed by atoms with Gasteiger partial charge in [-0.3, -0.25) is 9.59 Å². The average Bonchev–Trinajstić information content (AvgIpc) is 2.59. The smallest absolute Gasteiger partial charge is 0.273 e. The molecule has 1 aromatic heterocycles. The topological polar surface area (TPSA) is 77.1 Å². The summed E-state index contributed by atoms with van der Waals surface area (Å²) in [6.07, 6.45) is 3.00. The average molecular weight is 207 g/mol. The Bertz CT molecular complexity index is 439. The highest BCUT2D eigenvalue weighted by molar-refractivity contribution is 5.78. The van der Waals surface area contributed by atoms with Crippen LogP contribution in [0.25, 0.3) is 0 Å². The van der Waals surface area contributed by atoms with E-state index in [2.05, 4.69) is 5.32 Å². The van der Waals surface area contributed by atoms with Crippen molar-refractivity contribution in [1.82, 2.24) is 9.88 Å². The number of amides is 1. The molecule has 15 heavy (non-hydrogen) atoms. The summed E-state index contributed by atoms with van der Waals surface area (Å²) >= 11 is 0. The van der Waals surface area contributed by atoms with E-state index in [0.29, 0.717) is 13.0 Å². The van der Waals surface area contributed by atoms with Crippen LogP contribution in [0.2, 0.25) is 0 Å². The normalized spacial score (nSPS) is 20.3. The number of nitrogens with zero attached hydrogens (tertiary/aromatic N) is 1. The number of nitrogens with one attached hydrogen (secondary N) is 1. The lowest BCUT2D eigenvalue weighted by Crippen LogP contribution is -2.34. The minimum atomic E-state index is -0.196. The summed E-state index contributed by atoms with van der Waals surface area (Å²) in [7, 11) is 0. The number of aromatic nitrogens is 1. The predicted octanol–water partition coefficient (Wildman–Crippen LogP) is -0.291. The highest BCUT2D eigenvalue weighted by Crippen LogP contribution is 2.08. The van der Waals surface area contributed by atoms with E-state index in [4.69, 9.17) is 5.73 Å². The van der Waals surface area contributed by atoms with Gasteiger partial charge in [0.05, 0.1) is 5.69 Å². The lowest BCUT2D eigenvalue weighted by atomic mass is 10.2. The fourth-order valence-electron chi connectivity index (χ4n) is 1.75. The van der Waals surface area contributed by atoms with E-state index in [1.54, 1.807) is 18.3 Å². The van der Waals surface area contributed by atoms with Gasteiger partial charge in [-0.15, -0.1) is 0 Å². The van der Waals surface area contributed by atoms with E-state index in [0.717, 1.165) is 6.42 Å². The minimum Gasteiger partial charge on any atom is -0.394 e. The molecule has 5 nitrogen and oxygen atoms in total. The van der Waals surface area contributed by atoms with Crippen molar-refractivity contribution in [2.24, 2.45) is 0 Å². The van der Waals surface area contributed by atoms with Crippen molar-refractivity contribution in [1.29, 1.82) is 0 Å². The summed E-state index contributed by atoms with van der Waals surface area (Å²) in [5.74, 6) is 0.0527. The maximum absolute atomic E-state index is 11.6. The molecule has 1 saturated heterocycles. The van der Waals surface area contributed by atoms with Crippen LogP contribution in [0, 0.1) is 0 Å². The zero-order valence-electron chi connectivity index (χ0n) is 8.27. The standard InChI is InChI=1S/C10H13N3O2/c11-8-2-1-5-13(10(8)15)6-7-3-4-9(14)12-7/h1-2,5,7H,3-4,6,11H2,(H,12,14). The third kappa shape index (κ3) is 2.01. The molecule has 0 spiro atoms. The van der Waals surface area contributed by atoms with Gasteiger partial charge in [0.15, 0.2) is 0 Å². The number of nitrogen functional groups attached to an aromatic ring is 1. The number of pyridine rings is 1.